The molecule has 0 spiro atoms. The Labute approximate surface area is 122 Å². The maximum atomic E-state index is 12.3. The van der Waals surface area contributed by atoms with E-state index in [4.69, 9.17) is 4.42 Å². The summed E-state index contributed by atoms with van der Waals surface area (Å²) in [5, 5.41) is 12.0. The van der Waals surface area contributed by atoms with Gasteiger partial charge in [0.1, 0.15) is 5.76 Å². The number of anilines is 1. The summed E-state index contributed by atoms with van der Waals surface area (Å²) < 4.78 is 5.22. The second kappa shape index (κ2) is 5.83. The van der Waals surface area contributed by atoms with Crippen molar-refractivity contribution in [3.63, 3.8) is 0 Å². The van der Waals surface area contributed by atoms with Crippen LogP contribution in [0.1, 0.15) is 44.5 Å². The number of furan rings is 1. The predicted octanol–water partition coefficient (Wildman–Crippen LogP) is 3.41. The van der Waals surface area contributed by atoms with Crippen LogP contribution in [0.15, 0.2) is 28.9 Å². The van der Waals surface area contributed by atoms with E-state index in [2.05, 4.69) is 5.32 Å². The van der Waals surface area contributed by atoms with E-state index < -0.39 is 5.97 Å². The maximum Gasteiger partial charge on any atom is 0.337 e. The summed E-state index contributed by atoms with van der Waals surface area (Å²) in [5.41, 5.74) is 2.38. The Morgan fingerprint density at radius 1 is 1.24 bits per heavy atom. The van der Waals surface area contributed by atoms with Crippen molar-refractivity contribution in [3.8, 4) is 0 Å². The normalized spacial score (nSPS) is 10.4. The first-order valence-electron chi connectivity index (χ1n) is 6.66. The molecule has 5 nitrogen and oxygen atoms in total. The highest BCUT2D eigenvalue weighted by Crippen LogP contribution is 2.24. The average Bonchev–Trinajstić information content (AvgIpc) is 2.89. The van der Waals surface area contributed by atoms with E-state index in [1.54, 1.807) is 19.1 Å². The lowest BCUT2D eigenvalue weighted by atomic mass is 10.0. The van der Waals surface area contributed by atoms with Gasteiger partial charge in [0.2, 0.25) is 0 Å². The van der Waals surface area contributed by atoms with E-state index in [9.17, 15) is 14.7 Å². The molecule has 0 aliphatic rings. The second-order valence-electron chi connectivity index (χ2n) is 4.87. The predicted molar refractivity (Wildman–Crippen MR) is 78.9 cm³/mol. The third-order valence-electron chi connectivity index (χ3n) is 3.26. The van der Waals surface area contributed by atoms with Crippen molar-refractivity contribution >= 4 is 17.6 Å². The summed E-state index contributed by atoms with van der Waals surface area (Å²) in [4.78, 5) is 23.7. The molecular formula is C16H17NO4. The number of aromatic carboxylic acids is 1. The van der Waals surface area contributed by atoms with Crippen molar-refractivity contribution in [2.75, 3.05) is 5.32 Å². The Hall–Kier alpha value is -2.56. The highest BCUT2D eigenvalue weighted by atomic mass is 16.4. The van der Waals surface area contributed by atoms with E-state index in [0.717, 1.165) is 5.56 Å². The van der Waals surface area contributed by atoms with Gasteiger partial charge in [-0.25, -0.2) is 4.79 Å². The molecule has 0 unspecified atom stereocenters. The number of rotatable bonds is 4. The number of carboxylic acid groups (broad SMARTS) is 1. The van der Waals surface area contributed by atoms with Crippen LogP contribution in [0.4, 0.5) is 5.69 Å². The zero-order valence-electron chi connectivity index (χ0n) is 12.2. The molecule has 2 N–H and O–H groups in total. The third kappa shape index (κ3) is 2.97. The van der Waals surface area contributed by atoms with Crippen molar-refractivity contribution < 1.29 is 19.1 Å². The molecule has 0 radical (unpaired) electrons. The van der Waals surface area contributed by atoms with Crippen LogP contribution in [-0.4, -0.2) is 17.0 Å². The van der Waals surface area contributed by atoms with Crippen LogP contribution in [0, 0.1) is 13.8 Å². The van der Waals surface area contributed by atoms with Gasteiger partial charge in [-0.2, -0.15) is 0 Å². The molecule has 0 saturated heterocycles. The summed E-state index contributed by atoms with van der Waals surface area (Å²) in [6.45, 7) is 5.47. The molecule has 2 aromatic rings. The molecular weight excluding hydrogens is 270 g/mol. The molecule has 21 heavy (non-hydrogen) atoms. The minimum atomic E-state index is -1.07. The SMILES string of the molecule is CCc1occc1C(=O)Nc1c(C)cc(C)cc1C(=O)O. The fourth-order valence-electron chi connectivity index (χ4n) is 2.30. The number of carboxylic acids is 1. The fourth-order valence-corrected chi connectivity index (χ4v) is 2.30. The number of hydrogen-bond donors (Lipinski definition) is 2. The molecule has 0 saturated carbocycles. The summed E-state index contributed by atoms with van der Waals surface area (Å²) in [7, 11) is 0. The molecule has 0 aliphatic carbocycles. The Morgan fingerprint density at radius 2 is 1.95 bits per heavy atom. The maximum absolute atomic E-state index is 12.3. The standard InChI is InChI=1S/C16H17NO4/c1-4-13-11(5-6-21-13)15(18)17-14-10(3)7-9(2)8-12(14)16(19)20/h5-8H,4H2,1-3H3,(H,17,18)(H,19,20). The molecule has 0 bridgehead atoms. The second-order valence-corrected chi connectivity index (χ2v) is 4.87. The first-order valence-corrected chi connectivity index (χ1v) is 6.66. The smallest absolute Gasteiger partial charge is 0.337 e. The third-order valence-corrected chi connectivity index (χ3v) is 3.26. The van der Waals surface area contributed by atoms with E-state index >= 15 is 0 Å². The van der Waals surface area contributed by atoms with Crippen molar-refractivity contribution in [1.29, 1.82) is 0 Å². The van der Waals surface area contributed by atoms with Crippen molar-refractivity contribution in [3.05, 3.63) is 52.5 Å². The Kier molecular flexibility index (Phi) is 4.12. The molecule has 110 valence electrons. The van der Waals surface area contributed by atoms with Crippen LogP contribution in [0.5, 0.6) is 0 Å². The quantitative estimate of drug-likeness (QED) is 0.903. The first-order chi connectivity index (χ1) is 9.93. The molecule has 0 atom stereocenters. The van der Waals surface area contributed by atoms with Gasteiger partial charge in [0.05, 0.1) is 23.1 Å². The first kappa shape index (κ1) is 14.8. The summed E-state index contributed by atoms with van der Waals surface area (Å²) in [5.74, 6) is -0.857. The van der Waals surface area contributed by atoms with Gasteiger partial charge >= 0.3 is 5.97 Å². The zero-order valence-corrected chi connectivity index (χ0v) is 12.2. The Balaban J connectivity index is 2.40. The highest BCUT2D eigenvalue weighted by molar-refractivity contribution is 6.08. The minimum absolute atomic E-state index is 0.0855. The van der Waals surface area contributed by atoms with E-state index in [-0.39, 0.29) is 11.5 Å². The number of carbonyl (C=O) groups is 2. The number of aryl methyl sites for hydroxylation is 3. The zero-order chi connectivity index (χ0) is 15.6. The van der Waals surface area contributed by atoms with Gasteiger partial charge in [0, 0.05) is 6.42 Å². The van der Waals surface area contributed by atoms with Crippen LogP contribution >= 0.6 is 0 Å². The molecule has 1 aromatic heterocycles. The van der Waals surface area contributed by atoms with Crippen molar-refractivity contribution in [1.82, 2.24) is 0 Å². The van der Waals surface area contributed by atoms with Crippen LogP contribution < -0.4 is 5.32 Å². The number of benzene rings is 1. The van der Waals surface area contributed by atoms with Gasteiger partial charge in [0.15, 0.2) is 0 Å². The Bertz CT molecular complexity index is 700. The lowest BCUT2D eigenvalue weighted by Crippen LogP contribution is -2.16. The number of carbonyl (C=O) groups excluding carboxylic acids is 1. The monoisotopic (exact) mass is 287 g/mol. The van der Waals surface area contributed by atoms with Gasteiger partial charge in [-0.05, 0) is 37.1 Å². The van der Waals surface area contributed by atoms with Crippen molar-refractivity contribution in [2.24, 2.45) is 0 Å². The van der Waals surface area contributed by atoms with Crippen molar-refractivity contribution in [2.45, 2.75) is 27.2 Å². The lowest BCUT2D eigenvalue weighted by molar-refractivity contribution is 0.0698. The van der Waals surface area contributed by atoms with Gasteiger partial charge < -0.3 is 14.8 Å². The minimum Gasteiger partial charge on any atom is -0.478 e. The average molecular weight is 287 g/mol. The van der Waals surface area contributed by atoms with E-state index in [0.29, 0.717) is 29.0 Å². The van der Waals surface area contributed by atoms with Crippen LogP contribution in [-0.2, 0) is 6.42 Å². The van der Waals surface area contributed by atoms with Gasteiger partial charge in [-0.15, -0.1) is 0 Å². The molecule has 5 heteroatoms. The number of hydrogen-bond acceptors (Lipinski definition) is 3. The fraction of sp³-hybridized carbons (Fsp3) is 0.250. The topological polar surface area (TPSA) is 79.5 Å². The van der Waals surface area contributed by atoms with Crippen LogP contribution in [0.2, 0.25) is 0 Å². The Morgan fingerprint density at radius 3 is 2.57 bits per heavy atom. The van der Waals surface area contributed by atoms with E-state index in [1.807, 2.05) is 19.9 Å². The van der Waals surface area contributed by atoms with Gasteiger partial charge in [-0.3, -0.25) is 4.79 Å². The van der Waals surface area contributed by atoms with Gasteiger partial charge in [-0.1, -0.05) is 13.0 Å². The largest absolute Gasteiger partial charge is 0.478 e. The molecule has 1 amide bonds. The molecule has 2 rings (SSSR count). The number of amides is 1. The molecule has 1 heterocycles. The summed E-state index contributed by atoms with van der Waals surface area (Å²) >= 11 is 0. The molecule has 1 aromatic carbocycles. The number of nitrogens with one attached hydrogen (secondary N) is 1. The highest BCUT2D eigenvalue weighted by Gasteiger charge is 2.19. The van der Waals surface area contributed by atoms with Crippen LogP contribution in [0.25, 0.3) is 0 Å². The summed E-state index contributed by atoms with van der Waals surface area (Å²) in [6, 6.07) is 4.96. The van der Waals surface area contributed by atoms with Gasteiger partial charge in [0.25, 0.3) is 5.91 Å². The molecule has 0 fully saturated rings. The van der Waals surface area contributed by atoms with Crippen LogP contribution in [0.3, 0.4) is 0 Å². The van der Waals surface area contributed by atoms with E-state index in [1.165, 1.54) is 6.26 Å². The molecule has 0 aliphatic heterocycles. The summed E-state index contributed by atoms with van der Waals surface area (Å²) in [6.07, 6.45) is 2.04. The lowest BCUT2D eigenvalue weighted by Gasteiger charge is -2.12.